The molecule has 0 aromatic heterocycles. The van der Waals surface area contributed by atoms with Gasteiger partial charge in [-0.3, -0.25) is 0 Å². The van der Waals surface area contributed by atoms with Crippen molar-refractivity contribution in [3.05, 3.63) is 22.2 Å². The van der Waals surface area contributed by atoms with Gasteiger partial charge in [-0.05, 0) is 46.5 Å². The molecule has 0 aliphatic carbocycles. The number of nitrogens with two attached hydrogens (primary N) is 1. The number of benzene rings is 1. The molecule has 0 unspecified atom stereocenters. The number of hydrogen-bond acceptors (Lipinski definition) is 3. The number of fused-ring (bicyclic) bond motifs is 1. The largest absolute Gasteiger partial charge is 0.454 e. The number of aliphatic imine (C=N–C) groups is 1. The number of rotatable bonds is 2. The van der Waals surface area contributed by atoms with Crippen LogP contribution in [-0.4, -0.2) is 30.7 Å². The van der Waals surface area contributed by atoms with Gasteiger partial charge in [-0.25, -0.2) is 4.99 Å². The molecule has 2 aliphatic heterocycles. The van der Waals surface area contributed by atoms with Crippen molar-refractivity contribution in [2.24, 2.45) is 10.7 Å². The Bertz CT molecular complexity index is 546. The van der Waals surface area contributed by atoms with Crippen molar-refractivity contribution < 1.29 is 9.47 Å². The highest BCUT2D eigenvalue weighted by Gasteiger charge is 2.18. The van der Waals surface area contributed by atoms with E-state index in [2.05, 4.69) is 25.8 Å². The van der Waals surface area contributed by atoms with Gasteiger partial charge in [-0.15, -0.1) is 24.0 Å². The molecule has 2 N–H and O–H groups in total. The lowest BCUT2D eigenvalue weighted by atomic mass is 10.2. The molecule has 1 aromatic carbocycles. The third-order valence-corrected chi connectivity index (χ3v) is 4.43. The fourth-order valence-electron chi connectivity index (χ4n) is 2.68. The second-order valence-corrected chi connectivity index (χ2v) is 6.24. The summed E-state index contributed by atoms with van der Waals surface area (Å²) in [5, 5.41) is 0. The highest BCUT2D eigenvalue weighted by Crippen LogP contribution is 2.40. The van der Waals surface area contributed by atoms with Crippen LogP contribution < -0.4 is 15.2 Å². The molecule has 0 radical (unpaired) electrons. The molecule has 7 heteroatoms. The Balaban J connectivity index is 0.00000176. The van der Waals surface area contributed by atoms with Crippen LogP contribution in [0.3, 0.4) is 0 Å². The molecule has 1 fully saturated rings. The van der Waals surface area contributed by atoms with Gasteiger partial charge in [0.05, 0.1) is 11.0 Å². The second kappa shape index (κ2) is 8.24. The summed E-state index contributed by atoms with van der Waals surface area (Å²) in [4.78, 5) is 6.72. The van der Waals surface area contributed by atoms with E-state index < -0.39 is 0 Å². The molecule has 0 spiro atoms. The summed E-state index contributed by atoms with van der Waals surface area (Å²) in [6.45, 7) is 2.86. The summed E-state index contributed by atoms with van der Waals surface area (Å²) in [5.74, 6) is 2.18. The highest BCUT2D eigenvalue weighted by molar-refractivity contribution is 14.0. The predicted molar refractivity (Wildman–Crippen MR) is 101 cm³/mol. The number of nitrogens with zero attached hydrogens (tertiary/aromatic N) is 2. The SMILES string of the molecule is I.NC(=NCc1cc(Br)c2c(c1)OCO2)N1CCCCCC1. The van der Waals surface area contributed by atoms with E-state index in [-0.39, 0.29) is 30.8 Å². The Morgan fingerprint density at radius 2 is 1.91 bits per heavy atom. The average Bonchev–Trinajstić information content (AvgIpc) is 2.79. The van der Waals surface area contributed by atoms with Gasteiger partial charge in [0, 0.05) is 13.1 Å². The molecule has 0 amide bonds. The molecular formula is C15H21BrIN3O2. The van der Waals surface area contributed by atoms with Crippen molar-refractivity contribution in [1.82, 2.24) is 4.90 Å². The fourth-order valence-corrected chi connectivity index (χ4v) is 3.29. The van der Waals surface area contributed by atoms with Crippen LogP contribution in [0.4, 0.5) is 0 Å². The molecule has 2 aliphatic rings. The lowest BCUT2D eigenvalue weighted by Crippen LogP contribution is -2.38. The van der Waals surface area contributed by atoms with Crippen LogP contribution in [0.25, 0.3) is 0 Å². The molecule has 1 saturated heterocycles. The van der Waals surface area contributed by atoms with E-state index in [0.29, 0.717) is 12.5 Å². The van der Waals surface area contributed by atoms with Gasteiger partial charge in [0.2, 0.25) is 6.79 Å². The number of ether oxygens (including phenoxy) is 2. The van der Waals surface area contributed by atoms with E-state index in [0.717, 1.165) is 34.6 Å². The van der Waals surface area contributed by atoms with Gasteiger partial charge in [-0.1, -0.05) is 12.8 Å². The number of hydrogen-bond donors (Lipinski definition) is 1. The summed E-state index contributed by atoms with van der Waals surface area (Å²) in [7, 11) is 0. The standard InChI is InChI=1S/C15H20BrN3O2.HI/c16-12-7-11(8-13-14(12)21-10-20-13)9-18-15(17)19-5-3-1-2-4-6-19;/h7-8H,1-6,9-10H2,(H2,17,18);1H. The Morgan fingerprint density at radius 1 is 1.18 bits per heavy atom. The van der Waals surface area contributed by atoms with Crippen molar-refractivity contribution in [2.45, 2.75) is 32.2 Å². The smallest absolute Gasteiger partial charge is 0.231 e. The van der Waals surface area contributed by atoms with Gasteiger partial charge < -0.3 is 20.1 Å². The molecule has 122 valence electrons. The average molecular weight is 482 g/mol. The van der Waals surface area contributed by atoms with Crippen molar-refractivity contribution in [3.8, 4) is 11.5 Å². The quantitative estimate of drug-likeness (QED) is 0.399. The summed E-state index contributed by atoms with van der Waals surface area (Å²) in [6, 6.07) is 3.97. The van der Waals surface area contributed by atoms with Crippen LogP contribution in [0.5, 0.6) is 11.5 Å². The Kier molecular flexibility index (Phi) is 6.61. The van der Waals surface area contributed by atoms with E-state index in [1.54, 1.807) is 0 Å². The first kappa shape index (κ1) is 17.7. The molecular weight excluding hydrogens is 461 g/mol. The molecule has 0 saturated carbocycles. The highest BCUT2D eigenvalue weighted by atomic mass is 127. The van der Waals surface area contributed by atoms with E-state index in [1.807, 2.05) is 12.1 Å². The zero-order valence-corrected chi connectivity index (χ0v) is 16.3. The predicted octanol–water partition coefficient (Wildman–Crippen LogP) is 3.49. The van der Waals surface area contributed by atoms with Crippen LogP contribution >= 0.6 is 39.9 Å². The molecule has 2 heterocycles. The molecule has 3 rings (SSSR count). The first-order valence-corrected chi connectivity index (χ1v) is 8.16. The molecule has 1 aromatic rings. The number of halogens is 2. The summed E-state index contributed by atoms with van der Waals surface area (Å²) >= 11 is 3.50. The molecule has 0 atom stereocenters. The first-order chi connectivity index (χ1) is 10.2. The van der Waals surface area contributed by atoms with Gasteiger partial charge >= 0.3 is 0 Å². The maximum Gasteiger partial charge on any atom is 0.231 e. The van der Waals surface area contributed by atoms with Crippen LogP contribution in [0.2, 0.25) is 0 Å². The van der Waals surface area contributed by atoms with E-state index in [9.17, 15) is 0 Å². The van der Waals surface area contributed by atoms with Crippen LogP contribution in [0, 0.1) is 0 Å². The normalized spacial score (nSPS) is 17.9. The lowest BCUT2D eigenvalue weighted by molar-refractivity contribution is 0.173. The van der Waals surface area contributed by atoms with Crippen molar-refractivity contribution in [1.29, 1.82) is 0 Å². The van der Waals surface area contributed by atoms with Crippen LogP contribution in [-0.2, 0) is 6.54 Å². The lowest BCUT2D eigenvalue weighted by Gasteiger charge is -2.21. The monoisotopic (exact) mass is 481 g/mol. The zero-order chi connectivity index (χ0) is 14.7. The van der Waals surface area contributed by atoms with E-state index >= 15 is 0 Å². The number of guanidine groups is 1. The molecule has 5 nitrogen and oxygen atoms in total. The van der Waals surface area contributed by atoms with Crippen molar-refractivity contribution >= 4 is 45.9 Å². The third-order valence-electron chi connectivity index (χ3n) is 3.84. The van der Waals surface area contributed by atoms with Gasteiger partial charge in [0.1, 0.15) is 0 Å². The van der Waals surface area contributed by atoms with E-state index in [4.69, 9.17) is 15.2 Å². The maximum absolute atomic E-state index is 6.12. The van der Waals surface area contributed by atoms with Gasteiger partial charge in [0.25, 0.3) is 0 Å². The molecule has 22 heavy (non-hydrogen) atoms. The zero-order valence-electron chi connectivity index (χ0n) is 12.4. The van der Waals surface area contributed by atoms with Gasteiger partial charge in [-0.2, -0.15) is 0 Å². The van der Waals surface area contributed by atoms with E-state index in [1.165, 1.54) is 25.7 Å². The topological polar surface area (TPSA) is 60.1 Å². The third kappa shape index (κ3) is 4.18. The van der Waals surface area contributed by atoms with Crippen molar-refractivity contribution in [3.63, 3.8) is 0 Å². The number of likely N-dealkylation sites (tertiary alicyclic amines) is 1. The fraction of sp³-hybridized carbons (Fsp3) is 0.533. The Labute approximate surface area is 156 Å². The first-order valence-electron chi connectivity index (χ1n) is 7.37. The summed E-state index contributed by atoms with van der Waals surface area (Å²) < 4.78 is 11.7. The van der Waals surface area contributed by atoms with Gasteiger partial charge in [0.15, 0.2) is 17.5 Å². The summed E-state index contributed by atoms with van der Waals surface area (Å²) in [5.41, 5.74) is 7.18. The van der Waals surface area contributed by atoms with Crippen molar-refractivity contribution in [2.75, 3.05) is 19.9 Å². The van der Waals surface area contributed by atoms with Crippen LogP contribution in [0.15, 0.2) is 21.6 Å². The Morgan fingerprint density at radius 3 is 2.64 bits per heavy atom. The van der Waals surface area contributed by atoms with Crippen LogP contribution in [0.1, 0.15) is 31.2 Å². The minimum absolute atomic E-state index is 0. The second-order valence-electron chi connectivity index (χ2n) is 5.39. The summed E-state index contributed by atoms with van der Waals surface area (Å²) in [6.07, 6.45) is 4.98. The minimum Gasteiger partial charge on any atom is -0.454 e. The minimum atomic E-state index is 0. The Hall–Kier alpha value is -0.700. The molecule has 0 bridgehead atoms. The maximum atomic E-state index is 6.12.